The number of halogens is 2. The van der Waals surface area contributed by atoms with Crippen molar-refractivity contribution in [3.8, 4) is 0 Å². The first-order valence-corrected chi connectivity index (χ1v) is 19.3. The molecule has 4 rings (SSSR count). The molecular formula is C30H39ClFN5O6SSi. The first-order chi connectivity index (χ1) is 20.9. The van der Waals surface area contributed by atoms with Crippen molar-refractivity contribution < 1.29 is 33.0 Å². The summed E-state index contributed by atoms with van der Waals surface area (Å²) in [4.78, 5) is 53.7. The van der Waals surface area contributed by atoms with E-state index in [1.165, 1.54) is 42.6 Å². The van der Waals surface area contributed by atoms with Gasteiger partial charge in [-0.2, -0.15) is 4.39 Å². The summed E-state index contributed by atoms with van der Waals surface area (Å²) in [6.07, 6.45) is 2.10. The molecule has 45 heavy (non-hydrogen) atoms. The van der Waals surface area contributed by atoms with Crippen LogP contribution in [0.15, 0.2) is 35.6 Å². The van der Waals surface area contributed by atoms with E-state index in [-0.39, 0.29) is 28.8 Å². The number of amides is 2. The van der Waals surface area contributed by atoms with E-state index in [1.807, 2.05) is 0 Å². The molecule has 0 saturated heterocycles. The van der Waals surface area contributed by atoms with Gasteiger partial charge in [-0.3, -0.25) is 14.6 Å². The Morgan fingerprint density at radius 2 is 1.91 bits per heavy atom. The highest BCUT2D eigenvalue weighted by Gasteiger charge is 2.72. The minimum absolute atomic E-state index is 0.0294. The molecule has 15 heteroatoms. The monoisotopic (exact) mass is 679 g/mol. The Balaban J connectivity index is 1.74. The zero-order valence-corrected chi connectivity index (χ0v) is 29.3. The second kappa shape index (κ2) is 13.0. The third kappa shape index (κ3) is 8.02. The standard InChI is InChI=1S/C30H39ClFN5O6SSi/c1-28(2,3)43-27(40)37(17-42-11-12-45(6,7)8)26-36-29(4,22-14-30(22,44-26)25(39)41-5)20-13-19(16-34-23(20)32)35-24(38)21-10-9-18(31)15-33-21/h9-10,13,15-16,22H,11-12,14,17H2,1-8H3,(H,35,38)/t22?,29-,30+/m1/s1. The lowest BCUT2D eigenvalue weighted by atomic mass is 9.86. The van der Waals surface area contributed by atoms with Gasteiger partial charge in [0.1, 0.15) is 22.8 Å². The summed E-state index contributed by atoms with van der Waals surface area (Å²) in [5.41, 5.74) is -1.90. The summed E-state index contributed by atoms with van der Waals surface area (Å²) in [5.74, 6) is -2.41. The second-order valence-corrected chi connectivity index (χ2v) is 20.8. The van der Waals surface area contributed by atoms with Gasteiger partial charge in [-0.05, 0) is 58.4 Å². The molecule has 1 N–H and O–H groups in total. The van der Waals surface area contributed by atoms with Gasteiger partial charge in [-0.25, -0.2) is 19.7 Å². The summed E-state index contributed by atoms with van der Waals surface area (Å²) in [7, 11) is -0.148. The van der Waals surface area contributed by atoms with E-state index >= 15 is 4.39 Å². The number of esters is 1. The van der Waals surface area contributed by atoms with Crippen molar-refractivity contribution in [2.24, 2.45) is 10.9 Å². The molecule has 2 amide bonds. The Morgan fingerprint density at radius 3 is 2.51 bits per heavy atom. The number of carbonyl (C=O) groups excluding carboxylic acids is 3. The quantitative estimate of drug-likeness (QED) is 0.106. The fourth-order valence-electron chi connectivity index (χ4n) is 4.89. The van der Waals surface area contributed by atoms with E-state index in [4.69, 9.17) is 30.8 Å². The first-order valence-electron chi connectivity index (χ1n) is 14.4. The molecule has 0 bridgehead atoms. The summed E-state index contributed by atoms with van der Waals surface area (Å²) >= 11 is 6.96. The Bertz CT molecular complexity index is 1500. The van der Waals surface area contributed by atoms with Gasteiger partial charge in [-0.15, -0.1) is 0 Å². The fraction of sp³-hybridized carbons (Fsp3) is 0.533. The van der Waals surface area contributed by atoms with Crippen molar-refractivity contribution in [2.75, 3.05) is 25.8 Å². The number of fused-ring (bicyclic) bond motifs is 1. The van der Waals surface area contributed by atoms with Gasteiger partial charge in [-0.1, -0.05) is 43.0 Å². The fourth-order valence-corrected chi connectivity index (χ4v) is 7.34. The second-order valence-electron chi connectivity index (χ2n) is 13.4. The molecule has 0 radical (unpaired) electrons. The van der Waals surface area contributed by atoms with E-state index in [9.17, 15) is 14.4 Å². The van der Waals surface area contributed by atoms with Crippen molar-refractivity contribution in [3.05, 3.63) is 52.8 Å². The third-order valence-electron chi connectivity index (χ3n) is 7.38. The van der Waals surface area contributed by atoms with Crippen LogP contribution < -0.4 is 5.32 Å². The molecule has 2 aromatic rings. The maximum absolute atomic E-state index is 15.6. The van der Waals surface area contributed by atoms with E-state index in [0.717, 1.165) is 17.8 Å². The molecule has 1 aliphatic carbocycles. The normalized spacial score (nSPS) is 22.5. The summed E-state index contributed by atoms with van der Waals surface area (Å²) < 4.78 is 31.3. The molecule has 3 atom stereocenters. The number of hydrogen-bond acceptors (Lipinski definition) is 10. The number of aliphatic imine (C=N–C) groups is 1. The molecule has 11 nitrogen and oxygen atoms in total. The Hall–Kier alpha value is -3.07. The van der Waals surface area contributed by atoms with Crippen LogP contribution in [0, 0.1) is 11.9 Å². The zero-order chi connectivity index (χ0) is 33.4. The molecule has 1 fully saturated rings. The average molecular weight is 680 g/mol. The minimum Gasteiger partial charge on any atom is -0.468 e. The number of anilines is 1. The van der Waals surface area contributed by atoms with E-state index in [1.54, 1.807) is 27.7 Å². The van der Waals surface area contributed by atoms with E-state index in [2.05, 4.69) is 34.9 Å². The molecule has 3 heterocycles. The van der Waals surface area contributed by atoms with Crippen molar-refractivity contribution in [1.29, 1.82) is 0 Å². The molecule has 2 aromatic heterocycles. The maximum Gasteiger partial charge on any atom is 0.418 e. The van der Waals surface area contributed by atoms with Crippen LogP contribution in [0.5, 0.6) is 0 Å². The van der Waals surface area contributed by atoms with Crippen molar-refractivity contribution >= 4 is 60.3 Å². The van der Waals surface area contributed by atoms with Gasteiger partial charge in [0.2, 0.25) is 5.95 Å². The first kappa shape index (κ1) is 34.8. The Kier molecular flexibility index (Phi) is 10.0. The topological polar surface area (TPSA) is 132 Å². The van der Waals surface area contributed by atoms with Gasteiger partial charge in [0.05, 0.1) is 29.6 Å². The number of thioether (sulfide) groups is 1. The van der Waals surface area contributed by atoms with Crippen LogP contribution in [-0.4, -0.2) is 76.9 Å². The number of hydrogen-bond donors (Lipinski definition) is 1. The molecule has 244 valence electrons. The molecule has 1 aliphatic heterocycles. The van der Waals surface area contributed by atoms with Crippen LogP contribution in [0.2, 0.25) is 30.7 Å². The van der Waals surface area contributed by atoms with E-state index < -0.39 is 53.8 Å². The molecular weight excluding hydrogens is 641 g/mol. The number of ether oxygens (including phenoxy) is 3. The van der Waals surface area contributed by atoms with Gasteiger partial charge in [0, 0.05) is 32.4 Å². The summed E-state index contributed by atoms with van der Waals surface area (Å²) in [6, 6.07) is 5.27. The Labute approximate surface area is 272 Å². The number of nitrogens with one attached hydrogen (secondary N) is 1. The molecule has 1 saturated carbocycles. The smallest absolute Gasteiger partial charge is 0.418 e. The predicted octanol–water partition coefficient (Wildman–Crippen LogP) is 6.32. The predicted molar refractivity (Wildman–Crippen MR) is 174 cm³/mol. The minimum atomic E-state index is -1.43. The number of carbonyl (C=O) groups is 3. The largest absolute Gasteiger partial charge is 0.468 e. The number of methoxy groups -OCH3 is 1. The van der Waals surface area contributed by atoms with Crippen molar-refractivity contribution in [3.63, 3.8) is 0 Å². The number of amidine groups is 1. The third-order valence-corrected chi connectivity index (χ3v) is 10.8. The number of nitrogens with zero attached hydrogens (tertiary/aromatic N) is 4. The molecule has 0 aromatic carbocycles. The molecule has 2 aliphatic rings. The lowest BCUT2D eigenvalue weighted by Gasteiger charge is -2.37. The maximum atomic E-state index is 15.6. The van der Waals surface area contributed by atoms with Gasteiger partial charge >= 0.3 is 12.1 Å². The number of aromatic nitrogens is 2. The van der Waals surface area contributed by atoms with Gasteiger partial charge < -0.3 is 19.5 Å². The Morgan fingerprint density at radius 1 is 1.20 bits per heavy atom. The van der Waals surface area contributed by atoms with Gasteiger partial charge in [0.25, 0.3) is 5.91 Å². The lowest BCUT2D eigenvalue weighted by molar-refractivity contribution is -0.141. The summed E-state index contributed by atoms with van der Waals surface area (Å²) in [5, 5.41) is 3.17. The molecule has 0 spiro atoms. The number of pyridine rings is 2. The van der Waals surface area contributed by atoms with Crippen molar-refractivity contribution in [1.82, 2.24) is 14.9 Å². The van der Waals surface area contributed by atoms with Crippen molar-refractivity contribution in [2.45, 2.75) is 75.7 Å². The van der Waals surface area contributed by atoms with E-state index in [0.29, 0.717) is 18.1 Å². The highest BCUT2D eigenvalue weighted by Crippen LogP contribution is 2.67. The SMILES string of the molecule is COC(=O)[C@]12CC1[C@@](C)(c1cc(NC(=O)c3ccc(Cl)cn3)cnc1F)N=C(N(COCC[Si](C)(C)C)C(=O)OC(C)(C)C)S2. The van der Waals surface area contributed by atoms with Crippen LogP contribution in [-0.2, 0) is 24.5 Å². The van der Waals surface area contributed by atoms with Gasteiger partial charge in [0.15, 0.2) is 5.17 Å². The van der Waals surface area contributed by atoms with Crippen LogP contribution in [0.1, 0.15) is 50.2 Å². The number of rotatable bonds is 9. The van der Waals surface area contributed by atoms with Crippen LogP contribution in [0.3, 0.4) is 0 Å². The highest BCUT2D eigenvalue weighted by atomic mass is 35.5. The zero-order valence-electron chi connectivity index (χ0n) is 26.7. The lowest BCUT2D eigenvalue weighted by Crippen LogP contribution is -2.47. The van der Waals surface area contributed by atoms with Crippen LogP contribution in [0.25, 0.3) is 0 Å². The average Bonchev–Trinajstić information content (AvgIpc) is 3.69. The van der Waals surface area contributed by atoms with Crippen LogP contribution >= 0.6 is 23.4 Å². The summed E-state index contributed by atoms with van der Waals surface area (Å²) in [6.45, 7) is 13.8. The molecule has 1 unspecified atom stereocenters. The highest BCUT2D eigenvalue weighted by molar-refractivity contribution is 8.15. The van der Waals surface area contributed by atoms with Crippen LogP contribution in [0.4, 0.5) is 14.9 Å².